The van der Waals surface area contributed by atoms with Gasteiger partial charge in [-0.25, -0.2) is 9.37 Å². The molecule has 0 radical (unpaired) electrons. The van der Waals surface area contributed by atoms with Crippen molar-refractivity contribution in [3.05, 3.63) is 47.4 Å². The van der Waals surface area contributed by atoms with Crippen molar-refractivity contribution < 1.29 is 4.39 Å². The van der Waals surface area contributed by atoms with Crippen LogP contribution in [0.25, 0.3) is 11.1 Å². The van der Waals surface area contributed by atoms with Crippen LogP contribution in [-0.2, 0) is 0 Å². The third-order valence-corrected chi connectivity index (χ3v) is 2.53. The highest BCUT2D eigenvalue weighted by atomic mass is 19.1. The van der Waals surface area contributed by atoms with E-state index in [1.807, 2.05) is 6.07 Å². The molecule has 0 atom stereocenters. The molecule has 84 valence electrons. The average molecular weight is 227 g/mol. The number of nitrogens with two attached hydrogens (primary N) is 1. The monoisotopic (exact) mass is 227 g/mol. The van der Waals surface area contributed by atoms with E-state index in [-0.39, 0.29) is 17.2 Å². The van der Waals surface area contributed by atoms with Crippen molar-refractivity contribution in [1.82, 2.24) is 4.98 Å². The van der Waals surface area contributed by atoms with Crippen molar-refractivity contribution in [2.45, 2.75) is 6.92 Å². The average Bonchev–Trinajstić information content (AvgIpc) is 2.31. The zero-order chi connectivity index (χ0) is 12.4. The fourth-order valence-corrected chi connectivity index (χ4v) is 1.67. The second kappa shape index (κ2) is 4.22. The Morgan fingerprint density at radius 1 is 1.29 bits per heavy atom. The number of pyridine rings is 1. The second-order valence-corrected chi connectivity index (χ2v) is 3.65. The van der Waals surface area contributed by atoms with Gasteiger partial charge in [0.1, 0.15) is 17.7 Å². The number of nitrogen functional groups attached to an aromatic ring is 1. The molecule has 0 saturated carbocycles. The number of benzene rings is 1. The number of aromatic nitrogens is 1. The van der Waals surface area contributed by atoms with Crippen LogP contribution in [0.3, 0.4) is 0 Å². The van der Waals surface area contributed by atoms with Crippen LogP contribution in [0.5, 0.6) is 0 Å². The Morgan fingerprint density at radius 3 is 2.65 bits per heavy atom. The van der Waals surface area contributed by atoms with Crippen molar-refractivity contribution in [2.24, 2.45) is 0 Å². The Kier molecular flexibility index (Phi) is 2.75. The van der Waals surface area contributed by atoms with E-state index >= 15 is 0 Å². The minimum Gasteiger partial charge on any atom is -0.383 e. The first kappa shape index (κ1) is 11.1. The van der Waals surface area contributed by atoms with Crippen LogP contribution >= 0.6 is 0 Å². The molecule has 0 aliphatic heterocycles. The van der Waals surface area contributed by atoms with Gasteiger partial charge in [0.2, 0.25) is 0 Å². The third-order valence-electron chi connectivity index (χ3n) is 2.53. The number of rotatable bonds is 1. The highest BCUT2D eigenvalue weighted by molar-refractivity contribution is 5.70. The first-order valence-corrected chi connectivity index (χ1v) is 5.05. The summed E-state index contributed by atoms with van der Waals surface area (Å²) >= 11 is 0. The summed E-state index contributed by atoms with van der Waals surface area (Å²) in [5, 5.41) is 8.89. The molecule has 2 aromatic rings. The van der Waals surface area contributed by atoms with Gasteiger partial charge in [-0.3, -0.25) is 0 Å². The van der Waals surface area contributed by atoms with Crippen LogP contribution < -0.4 is 5.73 Å². The molecule has 2 N–H and O–H groups in total. The topological polar surface area (TPSA) is 62.7 Å². The molecule has 1 heterocycles. The lowest BCUT2D eigenvalue weighted by molar-refractivity contribution is 0.631. The number of halogens is 1. The molecule has 17 heavy (non-hydrogen) atoms. The summed E-state index contributed by atoms with van der Waals surface area (Å²) in [4.78, 5) is 4.05. The van der Waals surface area contributed by atoms with E-state index in [1.54, 1.807) is 31.2 Å². The summed E-state index contributed by atoms with van der Waals surface area (Å²) in [6, 6.07) is 9.88. The lowest BCUT2D eigenvalue weighted by Gasteiger charge is -2.08. The molecular formula is C13H10FN3. The van der Waals surface area contributed by atoms with Gasteiger partial charge in [-0.15, -0.1) is 0 Å². The van der Waals surface area contributed by atoms with Gasteiger partial charge in [0.25, 0.3) is 0 Å². The maximum absolute atomic E-state index is 13.6. The van der Waals surface area contributed by atoms with Gasteiger partial charge in [-0.1, -0.05) is 18.2 Å². The van der Waals surface area contributed by atoms with Crippen LogP contribution in [-0.4, -0.2) is 4.98 Å². The molecule has 3 nitrogen and oxygen atoms in total. The van der Waals surface area contributed by atoms with Gasteiger partial charge >= 0.3 is 0 Å². The van der Waals surface area contributed by atoms with E-state index in [2.05, 4.69) is 4.98 Å². The summed E-state index contributed by atoms with van der Waals surface area (Å²) in [6.07, 6.45) is 0. The van der Waals surface area contributed by atoms with E-state index in [0.717, 1.165) is 0 Å². The molecule has 2 rings (SSSR count). The van der Waals surface area contributed by atoms with E-state index in [1.165, 1.54) is 6.07 Å². The normalized spacial score (nSPS) is 9.94. The van der Waals surface area contributed by atoms with E-state index in [4.69, 9.17) is 11.0 Å². The largest absolute Gasteiger partial charge is 0.383 e. The zero-order valence-corrected chi connectivity index (χ0v) is 9.24. The number of nitrogens with zero attached hydrogens (tertiary/aromatic N) is 2. The van der Waals surface area contributed by atoms with Crippen molar-refractivity contribution in [2.75, 3.05) is 5.73 Å². The quantitative estimate of drug-likeness (QED) is 0.814. The van der Waals surface area contributed by atoms with Crippen LogP contribution in [0.1, 0.15) is 11.3 Å². The molecule has 0 aliphatic rings. The summed E-state index contributed by atoms with van der Waals surface area (Å²) in [7, 11) is 0. The predicted octanol–water partition coefficient (Wildman–Crippen LogP) is 2.65. The minimum atomic E-state index is -0.342. The van der Waals surface area contributed by atoms with Gasteiger partial charge in [-0.2, -0.15) is 5.26 Å². The highest BCUT2D eigenvalue weighted by Crippen LogP contribution is 2.27. The van der Waals surface area contributed by atoms with Crippen molar-refractivity contribution in [3.63, 3.8) is 0 Å². The van der Waals surface area contributed by atoms with Gasteiger partial charge < -0.3 is 5.73 Å². The van der Waals surface area contributed by atoms with E-state index < -0.39 is 0 Å². The van der Waals surface area contributed by atoms with Crippen molar-refractivity contribution >= 4 is 5.82 Å². The van der Waals surface area contributed by atoms with E-state index in [9.17, 15) is 4.39 Å². The molecule has 0 spiro atoms. The molecule has 0 amide bonds. The molecule has 0 bridgehead atoms. The summed E-state index contributed by atoms with van der Waals surface area (Å²) in [6.45, 7) is 1.74. The van der Waals surface area contributed by atoms with Crippen molar-refractivity contribution in [3.8, 4) is 17.2 Å². The maximum atomic E-state index is 13.6. The smallest absolute Gasteiger partial charge is 0.141 e. The summed E-state index contributed by atoms with van der Waals surface area (Å²) in [5.74, 6) is -0.170. The molecule has 1 aromatic heterocycles. The lowest BCUT2D eigenvalue weighted by atomic mass is 10.0. The van der Waals surface area contributed by atoms with Crippen LogP contribution in [0.15, 0.2) is 30.3 Å². The number of hydrogen-bond donors (Lipinski definition) is 1. The Balaban J connectivity index is 2.69. The fourth-order valence-electron chi connectivity index (χ4n) is 1.67. The molecular weight excluding hydrogens is 217 g/mol. The standard InChI is InChI=1S/C13H10FN3/c1-8-11(6-9(7-15)13(16)17-8)10-4-2-3-5-12(10)14/h2-6H,1H3,(H2,16,17). The van der Waals surface area contributed by atoms with Gasteiger partial charge in [0, 0.05) is 16.8 Å². The predicted molar refractivity (Wildman–Crippen MR) is 63.5 cm³/mol. The van der Waals surface area contributed by atoms with Crippen LogP contribution in [0.2, 0.25) is 0 Å². The molecule has 0 saturated heterocycles. The Labute approximate surface area is 98.3 Å². The molecule has 1 aromatic carbocycles. The van der Waals surface area contributed by atoms with Crippen molar-refractivity contribution in [1.29, 1.82) is 5.26 Å². The van der Waals surface area contributed by atoms with Gasteiger partial charge in [0.15, 0.2) is 0 Å². The first-order chi connectivity index (χ1) is 8.13. The van der Waals surface area contributed by atoms with Crippen LogP contribution in [0, 0.1) is 24.1 Å². The van der Waals surface area contributed by atoms with Gasteiger partial charge in [-0.05, 0) is 19.1 Å². The van der Waals surface area contributed by atoms with E-state index in [0.29, 0.717) is 16.8 Å². The third kappa shape index (κ3) is 1.95. The SMILES string of the molecule is Cc1nc(N)c(C#N)cc1-c1ccccc1F. The molecule has 0 fully saturated rings. The Bertz CT molecular complexity index is 615. The number of anilines is 1. The number of hydrogen-bond acceptors (Lipinski definition) is 3. The van der Waals surface area contributed by atoms with Gasteiger partial charge in [0.05, 0.1) is 5.56 Å². The lowest BCUT2D eigenvalue weighted by Crippen LogP contribution is -1.99. The van der Waals surface area contributed by atoms with Crippen LogP contribution in [0.4, 0.5) is 10.2 Å². The minimum absolute atomic E-state index is 0.171. The summed E-state index contributed by atoms with van der Waals surface area (Å²) in [5.41, 5.74) is 7.47. The maximum Gasteiger partial charge on any atom is 0.141 e. The molecule has 4 heteroatoms. The first-order valence-electron chi connectivity index (χ1n) is 5.05. The number of aryl methyl sites for hydroxylation is 1. The second-order valence-electron chi connectivity index (χ2n) is 3.65. The highest BCUT2D eigenvalue weighted by Gasteiger charge is 2.11. The number of nitriles is 1. The Hall–Kier alpha value is -2.41. The zero-order valence-electron chi connectivity index (χ0n) is 9.24. The molecule has 0 aliphatic carbocycles. The Morgan fingerprint density at radius 2 is 2.00 bits per heavy atom. The molecule has 0 unspecified atom stereocenters. The fraction of sp³-hybridized carbons (Fsp3) is 0.0769. The summed E-state index contributed by atoms with van der Waals surface area (Å²) < 4.78 is 13.6.